The molecule has 2 N–H and O–H groups in total. The third-order valence-corrected chi connectivity index (χ3v) is 3.31. The van der Waals surface area contributed by atoms with E-state index in [1.54, 1.807) is 0 Å². The minimum atomic E-state index is -0.239. The highest BCUT2D eigenvalue weighted by atomic mass is 16.2. The fraction of sp³-hybridized carbons (Fsp3) is 0.400. The molecule has 1 aliphatic rings. The van der Waals surface area contributed by atoms with Crippen molar-refractivity contribution in [3.05, 3.63) is 23.8 Å². The van der Waals surface area contributed by atoms with Gasteiger partial charge in [-0.05, 0) is 25.6 Å². The molecule has 0 saturated carbocycles. The summed E-state index contributed by atoms with van der Waals surface area (Å²) in [6.07, 6.45) is 5.37. The van der Waals surface area contributed by atoms with Crippen LogP contribution in [0, 0.1) is 12.3 Å². The Morgan fingerprint density at radius 1 is 1.47 bits per heavy atom. The summed E-state index contributed by atoms with van der Waals surface area (Å²) in [6.45, 7) is 6.22. The fourth-order valence-corrected chi connectivity index (χ4v) is 2.35. The summed E-state index contributed by atoms with van der Waals surface area (Å²) in [6, 6.07) is 5.77. The van der Waals surface area contributed by atoms with Crippen molar-refractivity contribution in [1.29, 1.82) is 0 Å². The van der Waals surface area contributed by atoms with Gasteiger partial charge in [0.2, 0.25) is 5.91 Å². The van der Waals surface area contributed by atoms with Crippen LogP contribution in [0.5, 0.6) is 0 Å². The van der Waals surface area contributed by atoms with Crippen LogP contribution >= 0.6 is 0 Å². The van der Waals surface area contributed by atoms with E-state index in [9.17, 15) is 4.79 Å². The molecule has 4 nitrogen and oxygen atoms in total. The van der Waals surface area contributed by atoms with Crippen LogP contribution in [-0.2, 0) is 4.79 Å². The second-order valence-corrected chi connectivity index (χ2v) is 4.47. The minimum Gasteiger partial charge on any atom is -0.361 e. The summed E-state index contributed by atoms with van der Waals surface area (Å²) >= 11 is 0. The number of anilines is 2. The van der Waals surface area contributed by atoms with Gasteiger partial charge >= 0.3 is 0 Å². The van der Waals surface area contributed by atoms with Gasteiger partial charge in [-0.2, -0.15) is 0 Å². The van der Waals surface area contributed by atoms with Crippen molar-refractivity contribution in [3.8, 4) is 12.3 Å². The van der Waals surface area contributed by atoms with Crippen LogP contribution in [0.25, 0.3) is 0 Å². The first-order valence-corrected chi connectivity index (χ1v) is 6.57. The van der Waals surface area contributed by atoms with E-state index in [0.717, 1.165) is 30.0 Å². The number of carbonyl (C=O) groups is 1. The molecule has 4 heteroatoms. The topological polar surface area (TPSA) is 44.4 Å². The number of nitrogens with zero attached hydrogens (tertiary/aromatic N) is 1. The molecule has 0 aliphatic carbocycles. The van der Waals surface area contributed by atoms with Gasteiger partial charge in [-0.1, -0.05) is 18.9 Å². The number of hydrogen-bond donors (Lipinski definition) is 2. The molecular weight excluding hydrogens is 238 g/mol. The highest BCUT2D eigenvalue weighted by Crippen LogP contribution is 2.33. The minimum absolute atomic E-state index is 0.00833. The van der Waals surface area contributed by atoms with Gasteiger partial charge in [0.1, 0.15) is 6.04 Å². The Labute approximate surface area is 114 Å². The molecule has 1 unspecified atom stereocenters. The maximum atomic E-state index is 11.9. The zero-order valence-electron chi connectivity index (χ0n) is 11.4. The van der Waals surface area contributed by atoms with Crippen molar-refractivity contribution >= 4 is 17.3 Å². The van der Waals surface area contributed by atoms with Crippen molar-refractivity contribution in [2.24, 2.45) is 0 Å². The van der Waals surface area contributed by atoms with E-state index in [1.807, 2.05) is 25.1 Å². The van der Waals surface area contributed by atoms with Crippen LogP contribution in [0.1, 0.15) is 25.5 Å². The molecule has 1 aromatic carbocycles. The van der Waals surface area contributed by atoms with E-state index in [0.29, 0.717) is 6.54 Å². The first-order chi connectivity index (χ1) is 9.21. The molecule has 0 fully saturated rings. The number of nitrogens with one attached hydrogen (secondary N) is 2. The number of terminal acetylenes is 1. The predicted molar refractivity (Wildman–Crippen MR) is 78.2 cm³/mol. The van der Waals surface area contributed by atoms with Crippen LogP contribution < -0.4 is 15.5 Å². The Kier molecular flexibility index (Phi) is 4.08. The van der Waals surface area contributed by atoms with Crippen LogP contribution in [-0.4, -0.2) is 25.5 Å². The first-order valence-electron chi connectivity index (χ1n) is 6.57. The van der Waals surface area contributed by atoms with Crippen molar-refractivity contribution in [1.82, 2.24) is 5.32 Å². The van der Waals surface area contributed by atoms with Gasteiger partial charge < -0.3 is 15.5 Å². The molecule has 0 radical (unpaired) electrons. The van der Waals surface area contributed by atoms with Crippen molar-refractivity contribution in [2.75, 3.05) is 29.9 Å². The number of rotatable bonds is 5. The van der Waals surface area contributed by atoms with Gasteiger partial charge in [0, 0.05) is 23.5 Å². The van der Waals surface area contributed by atoms with Gasteiger partial charge in [0.25, 0.3) is 0 Å². The summed E-state index contributed by atoms with van der Waals surface area (Å²) in [4.78, 5) is 14.0. The highest BCUT2D eigenvalue weighted by Gasteiger charge is 2.29. The molecular formula is C15H19N3O. The maximum absolute atomic E-state index is 11.9. The standard InChI is InChI=1S/C15H19N3O/c1-4-9-18(6-3)11-7-8-12-13(10-11)17-15(19)14(12)16-5-2/h1,7-8,10,14,16H,5-6,9H2,2-3H3,(H,17,19). The van der Waals surface area contributed by atoms with Gasteiger partial charge in [-0.25, -0.2) is 0 Å². The third kappa shape index (κ3) is 2.56. The smallest absolute Gasteiger partial charge is 0.246 e. The Balaban J connectivity index is 2.29. The highest BCUT2D eigenvalue weighted by molar-refractivity contribution is 6.03. The Bertz CT molecular complexity index is 519. The summed E-state index contributed by atoms with van der Waals surface area (Å²) in [5, 5.41) is 6.09. The summed E-state index contributed by atoms with van der Waals surface area (Å²) < 4.78 is 0. The van der Waals surface area contributed by atoms with Crippen molar-refractivity contribution < 1.29 is 4.79 Å². The molecule has 1 atom stereocenters. The van der Waals surface area contributed by atoms with E-state index in [2.05, 4.69) is 28.4 Å². The van der Waals surface area contributed by atoms with E-state index >= 15 is 0 Å². The lowest BCUT2D eigenvalue weighted by molar-refractivity contribution is -0.117. The molecule has 100 valence electrons. The van der Waals surface area contributed by atoms with Crippen LogP contribution in [0.15, 0.2) is 18.2 Å². The zero-order chi connectivity index (χ0) is 13.8. The van der Waals surface area contributed by atoms with Crippen LogP contribution in [0.3, 0.4) is 0 Å². The molecule has 1 heterocycles. The maximum Gasteiger partial charge on any atom is 0.246 e. The molecule has 0 bridgehead atoms. The normalized spacial score (nSPS) is 16.7. The Morgan fingerprint density at radius 3 is 2.89 bits per heavy atom. The van der Waals surface area contributed by atoms with Crippen LogP contribution in [0.4, 0.5) is 11.4 Å². The number of hydrogen-bond acceptors (Lipinski definition) is 3. The summed E-state index contributed by atoms with van der Waals surface area (Å²) in [5.41, 5.74) is 2.92. The summed E-state index contributed by atoms with van der Waals surface area (Å²) in [7, 11) is 0. The second-order valence-electron chi connectivity index (χ2n) is 4.47. The average molecular weight is 257 g/mol. The average Bonchev–Trinajstić information content (AvgIpc) is 2.72. The van der Waals surface area contributed by atoms with E-state index in [4.69, 9.17) is 6.42 Å². The number of carbonyl (C=O) groups excluding carboxylic acids is 1. The zero-order valence-corrected chi connectivity index (χ0v) is 11.4. The molecule has 19 heavy (non-hydrogen) atoms. The van der Waals surface area contributed by atoms with E-state index in [-0.39, 0.29) is 11.9 Å². The Hall–Kier alpha value is -1.99. The quantitative estimate of drug-likeness (QED) is 0.790. The molecule has 0 saturated heterocycles. The monoisotopic (exact) mass is 257 g/mol. The number of likely N-dealkylation sites (N-methyl/N-ethyl adjacent to an activating group) is 1. The number of benzene rings is 1. The van der Waals surface area contributed by atoms with Gasteiger partial charge in [0.05, 0.1) is 6.54 Å². The molecule has 2 rings (SSSR count). The van der Waals surface area contributed by atoms with Gasteiger partial charge in [-0.3, -0.25) is 4.79 Å². The molecule has 0 spiro atoms. The molecule has 1 aromatic rings. The van der Waals surface area contributed by atoms with E-state index < -0.39 is 0 Å². The molecule has 0 aromatic heterocycles. The van der Waals surface area contributed by atoms with Crippen molar-refractivity contribution in [2.45, 2.75) is 19.9 Å². The molecule has 1 aliphatic heterocycles. The number of fused-ring (bicyclic) bond motifs is 1. The second kappa shape index (κ2) is 5.77. The largest absolute Gasteiger partial charge is 0.361 e. The molecule has 1 amide bonds. The summed E-state index contributed by atoms with van der Waals surface area (Å²) in [5.74, 6) is 2.66. The third-order valence-electron chi connectivity index (χ3n) is 3.31. The van der Waals surface area contributed by atoms with Gasteiger partial charge in [0.15, 0.2) is 0 Å². The van der Waals surface area contributed by atoms with Crippen LogP contribution in [0.2, 0.25) is 0 Å². The lowest BCUT2D eigenvalue weighted by atomic mass is 10.1. The lowest BCUT2D eigenvalue weighted by Gasteiger charge is -2.21. The lowest BCUT2D eigenvalue weighted by Crippen LogP contribution is -2.27. The fourth-order valence-electron chi connectivity index (χ4n) is 2.35. The Morgan fingerprint density at radius 2 is 2.26 bits per heavy atom. The van der Waals surface area contributed by atoms with E-state index in [1.165, 1.54) is 0 Å². The number of amides is 1. The van der Waals surface area contributed by atoms with Crippen molar-refractivity contribution in [3.63, 3.8) is 0 Å². The first kappa shape index (κ1) is 13.4. The van der Waals surface area contributed by atoms with Gasteiger partial charge in [-0.15, -0.1) is 6.42 Å². The SMILES string of the molecule is C#CCN(CC)c1ccc2c(c1)NC(=O)C2NCC. The predicted octanol–water partition coefficient (Wildman–Crippen LogP) is 1.75.